The number of allylic oxidation sites excluding steroid dienone is 1. The van der Waals surface area contributed by atoms with Crippen molar-refractivity contribution in [1.29, 1.82) is 0 Å². The minimum atomic E-state index is -0.193. The third-order valence-corrected chi connectivity index (χ3v) is 5.02. The van der Waals surface area contributed by atoms with Crippen molar-refractivity contribution in [3.8, 4) is 0 Å². The topological polar surface area (TPSA) is 41.1 Å². The quantitative estimate of drug-likeness (QED) is 0.665. The van der Waals surface area contributed by atoms with E-state index in [-0.39, 0.29) is 11.8 Å². The summed E-state index contributed by atoms with van der Waals surface area (Å²) in [6, 6.07) is 11.2. The summed E-state index contributed by atoms with van der Waals surface area (Å²) in [6.07, 6.45) is 0. The number of hydrogen-bond acceptors (Lipinski definition) is 3. The van der Waals surface area contributed by atoms with Gasteiger partial charge in [0.1, 0.15) is 0 Å². The van der Waals surface area contributed by atoms with Gasteiger partial charge in [0.25, 0.3) is 0 Å². The summed E-state index contributed by atoms with van der Waals surface area (Å²) in [5.74, 6) is 0.0263. The molecule has 0 aliphatic carbocycles. The number of thiophene rings is 1. The molecule has 22 heavy (non-hydrogen) atoms. The molecule has 3 nitrogen and oxygen atoms in total. The zero-order valence-corrected chi connectivity index (χ0v) is 14.0. The van der Waals surface area contributed by atoms with E-state index in [9.17, 15) is 4.79 Å². The average molecular weight is 328 g/mol. The van der Waals surface area contributed by atoms with E-state index in [1.165, 1.54) is 5.56 Å². The Kier molecular flexibility index (Phi) is 4.09. The van der Waals surface area contributed by atoms with E-state index in [2.05, 4.69) is 23.6 Å². The highest BCUT2D eigenvalue weighted by atomic mass is 32.1. The normalized spacial score (nSPS) is 17.9. The molecule has 112 valence electrons. The number of ketones is 1. The van der Waals surface area contributed by atoms with Crippen molar-refractivity contribution in [2.45, 2.75) is 19.9 Å². The lowest BCUT2D eigenvalue weighted by molar-refractivity contribution is 0.102. The van der Waals surface area contributed by atoms with Gasteiger partial charge in [0.2, 0.25) is 0 Å². The number of carbonyl (C=O) groups excluding carboxylic acids is 1. The van der Waals surface area contributed by atoms with Crippen LogP contribution in [0, 0.1) is 6.92 Å². The van der Waals surface area contributed by atoms with Gasteiger partial charge in [-0.25, -0.2) is 0 Å². The van der Waals surface area contributed by atoms with Crippen molar-refractivity contribution in [3.05, 3.63) is 69.1 Å². The third-order valence-electron chi connectivity index (χ3n) is 3.71. The van der Waals surface area contributed by atoms with Gasteiger partial charge in [-0.2, -0.15) is 0 Å². The monoisotopic (exact) mass is 328 g/mol. The molecule has 1 aliphatic heterocycles. The van der Waals surface area contributed by atoms with E-state index in [0.29, 0.717) is 10.7 Å². The second kappa shape index (κ2) is 6.02. The molecule has 5 heteroatoms. The Balaban J connectivity index is 2.08. The molecule has 2 heterocycles. The van der Waals surface area contributed by atoms with Crippen LogP contribution in [0.15, 0.2) is 53.0 Å². The van der Waals surface area contributed by atoms with Gasteiger partial charge in [0.05, 0.1) is 6.04 Å². The first-order valence-corrected chi connectivity index (χ1v) is 8.28. The van der Waals surface area contributed by atoms with E-state index >= 15 is 0 Å². The van der Waals surface area contributed by atoms with Gasteiger partial charge in [0.15, 0.2) is 10.9 Å². The Morgan fingerprint density at radius 2 is 1.91 bits per heavy atom. The molecule has 0 unspecified atom stereocenters. The Morgan fingerprint density at radius 3 is 2.55 bits per heavy atom. The molecular formula is C17H16N2OS2. The molecule has 0 saturated carbocycles. The Labute approximate surface area is 139 Å². The van der Waals surface area contributed by atoms with Crippen LogP contribution >= 0.6 is 23.6 Å². The molecule has 1 aliphatic rings. The maximum absolute atomic E-state index is 13.0. The molecule has 0 bridgehead atoms. The second-order valence-corrected chi connectivity index (χ2v) is 6.59. The predicted molar refractivity (Wildman–Crippen MR) is 94.1 cm³/mol. The van der Waals surface area contributed by atoms with E-state index in [4.69, 9.17) is 12.2 Å². The lowest BCUT2D eigenvalue weighted by Gasteiger charge is -2.30. The fraction of sp³-hybridized carbons (Fsp3) is 0.176. The van der Waals surface area contributed by atoms with Gasteiger partial charge in [0, 0.05) is 21.7 Å². The fourth-order valence-corrected chi connectivity index (χ4v) is 3.87. The molecule has 1 aromatic heterocycles. The van der Waals surface area contributed by atoms with Crippen molar-refractivity contribution >= 4 is 34.5 Å². The molecule has 0 fully saturated rings. The highest BCUT2D eigenvalue weighted by molar-refractivity contribution is 7.80. The van der Waals surface area contributed by atoms with Crippen LogP contribution in [-0.4, -0.2) is 10.9 Å². The first-order chi connectivity index (χ1) is 10.6. The van der Waals surface area contributed by atoms with Gasteiger partial charge in [-0.05, 0) is 43.1 Å². The zero-order valence-electron chi connectivity index (χ0n) is 12.3. The van der Waals surface area contributed by atoms with Crippen LogP contribution < -0.4 is 10.6 Å². The molecule has 0 radical (unpaired) electrons. The van der Waals surface area contributed by atoms with E-state index in [1.807, 2.05) is 42.6 Å². The summed E-state index contributed by atoms with van der Waals surface area (Å²) >= 11 is 6.91. The third kappa shape index (κ3) is 2.69. The van der Waals surface area contributed by atoms with Gasteiger partial charge in [-0.15, -0.1) is 11.3 Å². The zero-order chi connectivity index (χ0) is 15.7. The molecule has 0 saturated heterocycles. The average Bonchev–Trinajstić information content (AvgIpc) is 2.93. The van der Waals surface area contributed by atoms with Gasteiger partial charge < -0.3 is 10.6 Å². The highest BCUT2D eigenvalue weighted by Gasteiger charge is 2.31. The summed E-state index contributed by atoms with van der Waals surface area (Å²) in [4.78, 5) is 14.1. The van der Waals surface area contributed by atoms with E-state index in [0.717, 1.165) is 16.1 Å². The highest BCUT2D eigenvalue weighted by Crippen LogP contribution is 2.34. The van der Waals surface area contributed by atoms with Crippen LogP contribution in [0.3, 0.4) is 0 Å². The van der Waals surface area contributed by atoms with Crippen LogP contribution in [0.2, 0.25) is 0 Å². The smallest absolute Gasteiger partial charge is 0.193 e. The molecule has 1 aromatic carbocycles. The van der Waals surface area contributed by atoms with Crippen molar-refractivity contribution < 1.29 is 4.79 Å². The first kappa shape index (κ1) is 14.9. The van der Waals surface area contributed by atoms with Crippen molar-refractivity contribution in [2.75, 3.05) is 0 Å². The molecule has 0 amide bonds. The molecule has 0 spiro atoms. The van der Waals surface area contributed by atoms with Crippen LogP contribution in [-0.2, 0) is 0 Å². The van der Waals surface area contributed by atoms with Crippen LogP contribution in [0.4, 0.5) is 0 Å². The van der Waals surface area contributed by atoms with Crippen LogP contribution in [0.5, 0.6) is 0 Å². The first-order valence-electron chi connectivity index (χ1n) is 7.00. The number of carbonyl (C=O) groups is 1. The molecule has 3 rings (SSSR count). The minimum Gasteiger partial charge on any atom is -0.350 e. The van der Waals surface area contributed by atoms with Crippen LogP contribution in [0.25, 0.3) is 0 Å². The SMILES string of the molecule is CC1=C(C(=O)c2ccccc2)[C@@H](c2sccc2C)NC(=S)N1. The Morgan fingerprint density at radius 1 is 1.18 bits per heavy atom. The van der Waals surface area contributed by atoms with E-state index in [1.54, 1.807) is 11.3 Å². The number of benzene rings is 1. The molecule has 2 N–H and O–H groups in total. The lowest BCUT2D eigenvalue weighted by atomic mass is 9.92. The van der Waals surface area contributed by atoms with Gasteiger partial charge >= 0.3 is 0 Å². The maximum atomic E-state index is 13.0. The molecule has 1 atom stereocenters. The summed E-state index contributed by atoms with van der Waals surface area (Å²) in [5.41, 5.74) is 3.39. The summed E-state index contributed by atoms with van der Waals surface area (Å²) in [5, 5.41) is 8.91. The number of thiocarbonyl (C=S) groups is 1. The fourth-order valence-electron chi connectivity index (χ4n) is 2.62. The second-order valence-electron chi connectivity index (χ2n) is 5.23. The Hall–Kier alpha value is -1.98. The van der Waals surface area contributed by atoms with E-state index < -0.39 is 0 Å². The minimum absolute atomic E-state index is 0.0263. The number of rotatable bonds is 3. The largest absolute Gasteiger partial charge is 0.350 e. The van der Waals surface area contributed by atoms with Gasteiger partial charge in [-0.3, -0.25) is 4.79 Å². The predicted octanol–water partition coefficient (Wildman–Crippen LogP) is 3.73. The van der Waals surface area contributed by atoms with Crippen molar-refractivity contribution in [2.24, 2.45) is 0 Å². The van der Waals surface area contributed by atoms with Crippen molar-refractivity contribution in [3.63, 3.8) is 0 Å². The van der Waals surface area contributed by atoms with Crippen LogP contribution in [0.1, 0.15) is 33.8 Å². The standard InChI is InChI=1S/C17H16N2OS2/c1-10-8-9-22-16(10)14-13(11(2)18-17(21)19-14)15(20)12-6-4-3-5-7-12/h3-9,14H,1-2H3,(H2,18,19,21)/t14-/m0/s1. The molecular weight excluding hydrogens is 312 g/mol. The summed E-state index contributed by atoms with van der Waals surface area (Å²) in [7, 11) is 0. The summed E-state index contributed by atoms with van der Waals surface area (Å²) in [6.45, 7) is 3.96. The van der Waals surface area contributed by atoms with Crippen molar-refractivity contribution in [1.82, 2.24) is 10.6 Å². The molecule has 2 aromatic rings. The number of Topliss-reactive ketones (excluding diaryl/α,β-unsaturated/α-hetero) is 1. The number of nitrogens with one attached hydrogen (secondary N) is 2. The summed E-state index contributed by atoms with van der Waals surface area (Å²) < 4.78 is 0. The number of hydrogen-bond donors (Lipinski definition) is 2. The maximum Gasteiger partial charge on any atom is 0.193 e. The Bertz CT molecular complexity index is 762. The number of aryl methyl sites for hydroxylation is 1. The van der Waals surface area contributed by atoms with Gasteiger partial charge in [-0.1, -0.05) is 30.3 Å². The lowest BCUT2D eigenvalue weighted by Crippen LogP contribution is -2.44.